The van der Waals surface area contributed by atoms with Crippen LogP contribution in [-0.4, -0.2) is 20.5 Å². The van der Waals surface area contributed by atoms with Gasteiger partial charge in [0.15, 0.2) is 11.0 Å². The molecule has 23 heavy (non-hydrogen) atoms. The van der Waals surface area contributed by atoms with Gasteiger partial charge in [-0.05, 0) is 48.9 Å². The zero-order valence-corrected chi connectivity index (χ0v) is 14.3. The SMILES string of the molecule is C=CCSc1nnc(-c2ccc(Cl)cc2)n1-c1cccc(C)c1. The van der Waals surface area contributed by atoms with Crippen LogP contribution in [0.25, 0.3) is 17.1 Å². The first-order chi connectivity index (χ1) is 11.2. The number of thioether (sulfide) groups is 1. The molecule has 0 unspecified atom stereocenters. The van der Waals surface area contributed by atoms with Crippen LogP contribution in [0.4, 0.5) is 0 Å². The van der Waals surface area contributed by atoms with Gasteiger partial charge in [0.1, 0.15) is 0 Å². The summed E-state index contributed by atoms with van der Waals surface area (Å²) in [6, 6.07) is 16.0. The number of aryl methyl sites for hydroxylation is 1. The van der Waals surface area contributed by atoms with Gasteiger partial charge in [0.2, 0.25) is 0 Å². The summed E-state index contributed by atoms with van der Waals surface area (Å²) in [6.07, 6.45) is 1.86. The third-order valence-electron chi connectivity index (χ3n) is 3.33. The number of nitrogens with zero attached hydrogens (tertiary/aromatic N) is 3. The fourth-order valence-electron chi connectivity index (χ4n) is 2.28. The number of hydrogen-bond donors (Lipinski definition) is 0. The highest BCUT2D eigenvalue weighted by Crippen LogP contribution is 2.29. The van der Waals surface area contributed by atoms with Gasteiger partial charge >= 0.3 is 0 Å². The van der Waals surface area contributed by atoms with Crippen LogP contribution in [0.2, 0.25) is 5.02 Å². The lowest BCUT2D eigenvalue weighted by molar-refractivity contribution is 0.887. The maximum Gasteiger partial charge on any atom is 0.196 e. The molecular formula is C18H16ClN3S. The molecule has 0 atom stereocenters. The third kappa shape index (κ3) is 3.49. The molecule has 0 saturated heterocycles. The molecule has 0 N–H and O–H groups in total. The largest absolute Gasteiger partial charge is 0.270 e. The summed E-state index contributed by atoms with van der Waals surface area (Å²) in [5.74, 6) is 1.59. The number of hydrogen-bond acceptors (Lipinski definition) is 3. The molecular weight excluding hydrogens is 326 g/mol. The first-order valence-electron chi connectivity index (χ1n) is 7.21. The number of benzene rings is 2. The highest BCUT2D eigenvalue weighted by atomic mass is 35.5. The molecule has 1 heterocycles. The minimum absolute atomic E-state index is 0.705. The normalized spacial score (nSPS) is 10.7. The zero-order valence-electron chi connectivity index (χ0n) is 12.7. The predicted molar refractivity (Wildman–Crippen MR) is 97.5 cm³/mol. The molecule has 0 saturated carbocycles. The van der Waals surface area contributed by atoms with Gasteiger partial charge in [-0.3, -0.25) is 4.57 Å². The second-order valence-corrected chi connectivity index (χ2v) is 6.51. The van der Waals surface area contributed by atoms with E-state index < -0.39 is 0 Å². The van der Waals surface area contributed by atoms with Crippen molar-refractivity contribution in [3.63, 3.8) is 0 Å². The molecule has 0 fully saturated rings. The fraction of sp³-hybridized carbons (Fsp3) is 0.111. The third-order valence-corrected chi connectivity index (χ3v) is 4.50. The molecule has 3 aromatic rings. The van der Waals surface area contributed by atoms with E-state index in [1.165, 1.54) is 5.56 Å². The van der Waals surface area contributed by atoms with Crippen molar-refractivity contribution in [2.75, 3.05) is 5.75 Å². The Hall–Kier alpha value is -2.04. The number of halogens is 1. The van der Waals surface area contributed by atoms with Crippen molar-refractivity contribution >= 4 is 23.4 Å². The summed E-state index contributed by atoms with van der Waals surface area (Å²) in [4.78, 5) is 0. The van der Waals surface area contributed by atoms with E-state index in [0.29, 0.717) is 5.02 Å². The molecule has 3 nitrogen and oxygen atoms in total. The highest BCUT2D eigenvalue weighted by molar-refractivity contribution is 7.99. The van der Waals surface area contributed by atoms with Crippen LogP contribution >= 0.6 is 23.4 Å². The summed E-state index contributed by atoms with van der Waals surface area (Å²) in [5.41, 5.74) is 3.22. The summed E-state index contributed by atoms with van der Waals surface area (Å²) in [5, 5.41) is 10.3. The molecule has 2 aromatic carbocycles. The van der Waals surface area contributed by atoms with Crippen molar-refractivity contribution in [3.05, 3.63) is 71.8 Å². The monoisotopic (exact) mass is 341 g/mol. The van der Waals surface area contributed by atoms with Gasteiger partial charge in [-0.25, -0.2) is 0 Å². The maximum atomic E-state index is 5.99. The van der Waals surface area contributed by atoms with Crippen LogP contribution in [0.15, 0.2) is 66.3 Å². The molecule has 1 aromatic heterocycles. The molecule has 0 amide bonds. The van der Waals surface area contributed by atoms with Crippen molar-refractivity contribution in [1.82, 2.24) is 14.8 Å². The predicted octanol–water partition coefficient (Wildman–Crippen LogP) is 5.17. The molecule has 3 rings (SSSR count). The molecule has 116 valence electrons. The van der Waals surface area contributed by atoms with Crippen LogP contribution in [-0.2, 0) is 0 Å². The summed E-state index contributed by atoms with van der Waals surface area (Å²) in [7, 11) is 0. The van der Waals surface area contributed by atoms with Crippen molar-refractivity contribution in [3.8, 4) is 17.1 Å². The van der Waals surface area contributed by atoms with Gasteiger partial charge in [-0.1, -0.05) is 41.6 Å². The summed E-state index contributed by atoms with van der Waals surface area (Å²) >= 11 is 7.60. The van der Waals surface area contributed by atoms with E-state index in [0.717, 1.165) is 28.0 Å². The summed E-state index contributed by atoms with van der Waals surface area (Å²) < 4.78 is 2.07. The van der Waals surface area contributed by atoms with Gasteiger partial charge in [-0.2, -0.15) is 0 Å². The Kier molecular flexibility index (Phi) is 4.84. The minimum Gasteiger partial charge on any atom is -0.270 e. The smallest absolute Gasteiger partial charge is 0.196 e. The average Bonchev–Trinajstić information content (AvgIpc) is 2.97. The quantitative estimate of drug-likeness (QED) is 0.473. The van der Waals surface area contributed by atoms with Crippen LogP contribution in [0, 0.1) is 6.92 Å². The Bertz CT molecular complexity index is 825. The van der Waals surface area contributed by atoms with E-state index in [-0.39, 0.29) is 0 Å². The van der Waals surface area contributed by atoms with Gasteiger partial charge in [-0.15, -0.1) is 16.8 Å². The highest BCUT2D eigenvalue weighted by Gasteiger charge is 2.15. The minimum atomic E-state index is 0.705. The lowest BCUT2D eigenvalue weighted by Gasteiger charge is -2.10. The van der Waals surface area contributed by atoms with Crippen LogP contribution in [0.3, 0.4) is 0 Å². The van der Waals surface area contributed by atoms with E-state index >= 15 is 0 Å². The fourth-order valence-corrected chi connectivity index (χ4v) is 3.10. The molecule has 0 aliphatic carbocycles. The Balaban J connectivity index is 2.14. The lowest BCUT2D eigenvalue weighted by atomic mass is 10.2. The first-order valence-corrected chi connectivity index (χ1v) is 8.57. The van der Waals surface area contributed by atoms with Gasteiger partial charge in [0.25, 0.3) is 0 Å². The topological polar surface area (TPSA) is 30.7 Å². The molecule has 0 bridgehead atoms. The van der Waals surface area contributed by atoms with E-state index in [2.05, 4.69) is 46.5 Å². The first kappa shape index (κ1) is 15.8. The van der Waals surface area contributed by atoms with Crippen LogP contribution < -0.4 is 0 Å². The lowest BCUT2D eigenvalue weighted by Crippen LogP contribution is -2.00. The summed E-state index contributed by atoms with van der Waals surface area (Å²) in [6.45, 7) is 5.85. The maximum absolute atomic E-state index is 5.99. The molecule has 0 aliphatic heterocycles. The van der Waals surface area contributed by atoms with E-state index in [9.17, 15) is 0 Å². The second-order valence-electron chi connectivity index (χ2n) is 5.09. The van der Waals surface area contributed by atoms with Crippen molar-refractivity contribution in [1.29, 1.82) is 0 Å². The van der Waals surface area contributed by atoms with Crippen LogP contribution in [0.1, 0.15) is 5.56 Å². The molecule has 0 radical (unpaired) electrons. The van der Waals surface area contributed by atoms with E-state index in [4.69, 9.17) is 11.6 Å². The van der Waals surface area contributed by atoms with Crippen LogP contribution in [0.5, 0.6) is 0 Å². The Labute approximate surface area is 145 Å². The standard InChI is InChI=1S/C18H16ClN3S/c1-3-11-23-18-21-20-17(14-7-9-15(19)10-8-14)22(18)16-6-4-5-13(2)12-16/h3-10,12H,1,11H2,2H3. The molecule has 5 heteroatoms. The molecule has 0 aliphatic rings. The number of rotatable bonds is 5. The van der Waals surface area contributed by atoms with Crippen molar-refractivity contribution < 1.29 is 0 Å². The van der Waals surface area contributed by atoms with E-state index in [1.54, 1.807) is 11.8 Å². The van der Waals surface area contributed by atoms with Crippen molar-refractivity contribution in [2.45, 2.75) is 12.1 Å². The Morgan fingerprint density at radius 1 is 1.17 bits per heavy atom. The Morgan fingerprint density at radius 2 is 1.96 bits per heavy atom. The van der Waals surface area contributed by atoms with E-state index in [1.807, 2.05) is 36.4 Å². The second kappa shape index (κ2) is 7.02. The zero-order chi connectivity index (χ0) is 16.2. The Morgan fingerprint density at radius 3 is 2.65 bits per heavy atom. The average molecular weight is 342 g/mol. The molecule has 0 spiro atoms. The van der Waals surface area contributed by atoms with Crippen molar-refractivity contribution in [2.24, 2.45) is 0 Å². The van der Waals surface area contributed by atoms with Gasteiger partial charge in [0.05, 0.1) is 0 Å². The number of aromatic nitrogens is 3. The van der Waals surface area contributed by atoms with Gasteiger partial charge < -0.3 is 0 Å². The van der Waals surface area contributed by atoms with Gasteiger partial charge in [0, 0.05) is 22.0 Å².